The summed E-state index contributed by atoms with van der Waals surface area (Å²) in [5.74, 6) is -1.40. The first-order valence-corrected chi connectivity index (χ1v) is 8.58. The van der Waals surface area contributed by atoms with Crippen LogP contribution in [0.4, 0.5) is 8.78 Å². The maximum absolute atomic E-state index is 14.4. The number of nitrogens with zero attached hydrogens (tertiary/aromatic N) is 1. The lowest BCUT2D eigenvalue weighted by atomic mass is 9.76. The second-order valence-electron chi connectivity index (χ2n) is 7.13. The van der Waals surface area contributed by atoms with Crippen LogP contribution in [0.5, 0.6) is 0 Å². The summed E-state index contributed by atoms with van der Waals surface area (Å²) in [6.07, 6.45) is 3.71. The van der Waals surface area contributed by atoms with Gasteiger partial charge in [-0.05, 0) is 31.7 Å². The summed E-state index contributed by atoms with van der Waals surface area (Å²) in [6.45, 7) is 1.00. The van der Waals surface area contributed by atoms with Crippen LogP contribution in [0.25, 0.3) is 0 Å². The predicted molar refractivity (Wildman–Crippen MR) is 86.3 cm³/mol. The Kier molecular flexibility index (Phi) is 4.62. The Morgan fingerprint density at radius 2 is 1.79 bits per heavy atom. The van der Waals surface area contributed by atoms with Gasteiger partial charge in [-0.25, -0.2) is 8.78 Å². The molecule has 0 aromatic heterocycles. The van der Waals surface area contributed by atoms with Gasteiger partial charge in [0.25, 0.3) is 0 Å². The lowest BCUT2D eigenvalue weighted by Gasteiger charge is -2.41. The van der Waals surface area contributed by atoms with E-state index in [1.54, 1.807) is 4.90 Å². The minimum Gasteiger partial charge on any atom is -0.388 e. The molecule has 2 aliphatic rings. The topological polar surface area (TPSA) is 66.6 Å². The van der Waals surface area contributed by atoms with E-state index in [1.807, 2.05) is 0 Å². The first-order valence-electron chi connectivity index (χ1n) is 8.58. The van der Waals surface area contributed by atoms with Crippen LogP contribution in [0, 0.1) is 11.6 Å². The van der Waals surface area contributed by atoms with Crippen molar-refractivity contribution < 1.29 is 18.7 Å². The lowest BCUT2D eigenvalue weighted by Crippen LogP contribution is -2.54. The van der Waals surface area contributed by atoms with Gasteiger partial charge in [0.15, 0.2) is 0 Å². The van der Waals surface area contributed by atoms with E-state index < -0.39 is 22.7 Å². The Labute approximate surface area is 140 Å². The molecule has 0 radical (unpaired) electrons. The number of rotatable bonds is 3. The van der Waals surface area contributed by atoms with Gasteiger partial charge in [0.2, 0.25) is 5.91 Å². The molecule has 1 amide bonds. The van der Waals surface area contributed by atoms with Gasteiger partial charge < -0.3 is 15.7 Å². The van der Waals surface area contributed by atoms with Crippen LogP contribution < -0.4 is 5.73 Å². The van der Waals surface area contributed by atoms with Crippen molar-refractivity contribution in [2.45, 2.75) is 49.5 Å². The van der Waals surface area contributed by atoms with Crippen LogP contribution >= 0.6 is 0 Å². The zero-order chi connectivity index (χ0) is 17.4. The van der Waals surface area contributed by atoms with Gasteiger partial charge >= 0.3 is 0 Å². The summed E-state index contributed by atoms with van der Waals surface area (Å²) >= 11 is 0. The summed E-state index contributed by atoms with van der Waals surface area (Å²) in [7, 11) is 0. The van der Waals surface area contributed by atoms with E-state index >= 15 is 0 Å². The normalized spacial score (nSPS) is 22.6. The largest absolute Gasteiger partial charge is 0.388 e. The van der Waals surface area contributed by atoms with Crippen LogP contribution in [0.2, 0.25) is 0 Å². The third kappa shape index (κ3) is 2.93. The Balaban J connectivity index is 1.87. The molecular formula is C18H24F2N2O2. The molecule has 24 heavy (non-hydrogen) atoms. The lowest BCUT2D eigenvalue weighted by molar-refractivity contribution is -0.141. The molecular weight excluding hydrogens is 314 g/mol. The zero-order valence-corrected chi connectivity index (χ0v) is 13.7. The number of piperidine rings is 1. The number of carbonyl (C=O) groups is 1. The van der Waals surface area contributed by atoms with Crippen molar-refractivity contribution >= 4 is 5.91 Å². The van der Waals surface area contributed by atoms with E-state index in [1.165, 1.54) is 12.1 Å². The van der Waals surface area contributed by atoms with Crippen molar-refractivity contribution in [2.75, 3.05) is 19.6 Å². The summed E-state index contributed by atoms with van der Waals surface area (Å²) in [5.41, 5.74) is 4.07. The quantitative estimate of drug-likeness (QED) is 0.887. The van der Waals surface area contributed by atoms with Crippen molar-refractivity contribution in [1.29, 1.82) is 0 Å². The van der Waals surface area contributed by atoms with Crippen LogP contribution in [-0.2, 0) is 10.2 Å². The monoisotopic (exact) mass is 338 g/mol. The molecule has 0 spiro atoms. The number of nitrogens with two attached hydrogens (primary N) is 1. The molecule has 1 aliphatic carbocycles. The maximum atomic E-state index is 14.4. The Morgan fingerprint density at radius 3 is 2.33 bits per heavy atom. The van der Waals surface area contributed by atoms with Crippen LogP contribution in [-0.4, -0.2) is 41.1 Å². The number of hydrogen-bond donors (Lipinski definition) is 2. The number of benzene rings is 1. The van der Waals surface area contributed by atoms with E-state index in [0.717, 1.165) is 18.9 Å². The minimum atomic E-state index is -0.916. The second kappa shape index (κ2) is 6.41. The number of likely N-dealkylation sites (tertiary alicyclic amines) is 1. The Hall–Kier alpha value is -1.53. The molecule has 0 bridgehead atoms. The fourth-order valence-corrected chi connectivity index (χ4v) is 4.09. The Morgan fingerprint density at radius 1 is 1.17 bits per heavy atom. The van der Waals surface area contributed by atoms with E-state index in [2.05, 4.69) is 0 Å². The minimum absolute atomic E-state index is 0.107. The number of aliphatic hydroxyl groups is 1. The van der Waals surface area contributed by atoms with Crippen LogP contribution in [0.3, 0.4) is 0 Å². The molecule has 1 aromatic rings. The second-order valence-corrected chi connectivity index (χ2v) is 7.13. The van der Waals surface area contributed by atoms with E-state index in [4.69, 9.17) is 5.73 Å². The smallest absolute Gasteiger partial charge is 0.233 e. The molecule has 0 atom stereocenters. The fraction of sp³-hybridized carbons (Fsp3) is 0.611. The Bertz CT molecular complexity index is 621. The average Bonchev–Trinajstić information content (AvgIpc) is 3.05. The molecule has 1 saturated heterocycles. The third-order valence-electron chi connectivity index (χ3n) is 5.67. The molecule has 132 valence electrons. The summed E-state index contributed by atoms with van der Waals surface area (Å²) < 4.78 is 27.6. The van der Waals surface area contributed by atoms with Crippen LogP contribution in [0.1, 0.15) is 44.1 Å². The van der Waals surface area contributed by atoms with Crippen molar-refractivity contribution in [3.63, 3.8) is 0 Å². The van der Waals surface area contributed by atoms with Crippen molar-refractivity contribution in [3.8, 4) is 0 Å². The summed E-state index contributed by atoms with van der Waals surface area (Å²) in [6, 6.07) is 3.48. The molecule has 6 heteroatoms. The number of carbonyl (C=O) groups excluding carboxylic acids is 1. The highest BCUT2D eigenvalue weighted by atomic mass is 19.1. The van der Waals surface area contributed by atoms with Gasteiger partial charge in [-0.15, -0.1) is 0 Å². The van der Waals surface area contributed by atoms with Gasteiger partial charge in [-0.2, -0.15) is 0 Å². The number of amides is 1. The molecule has 1 aliphatic heterocycles. The van der Waals surface area contributed by atoms with Gasteiger partial charge in [0, 0.05) is 31.3 Å². The third-order valence-corrected chi connectivity index (χ3v) is 5.67. The SMILES string of the molecule is NCC1(O)CCN(C(=O)C2(c3ccc(F)cc3F)CCCC2)CC1. The molecule has 3 N–H and O–H groups in total. The summed E-state index contributed by atoms with van der Waals surface area (Å²) in [4.78, 5) is 14.9. The molecule has 1 heterocycles. The average molecular weight is 338 g/mol. The van der Waals surface area contributed by atoms with Crippen molar-refractivity contribution in [2.24, 2.45) is 5.73 Å². The number of hydrogen-bond acceptors (Lipinski definition) is 3. The summed E-state index contributed by atoms with van der Waals surface area (Å²) in [5, 5.41) is 10.2. The predicted octanol–water partition coefficient (Wildman–Crippen LogP) is 2.09. The first kappa shape index (κ1) is 17.3. The fourth-order valence-electron chi connectivity index (χ4n) is 4.09. The number of halogens is 2. The van der Waals surface area contributed by atoms with Crippen molar-refractivity contribution in [3.05, 3.63) is 35.4 Å². The highest BCUT2D eigenvalue weighted by Gasteiger charge is 2.47. The highest BCUT2D eigenvalue weighted by Crippen LogP contribution is 2.44. The first-order chi connectivity index (χ1) is 11.4. The molecule has 1 saturated carbocycles. The van der Waals surface area contributed by atoms with Crippen molar-refractivity contribution in [1.82, 2.24) is 4.90 Å². The van der Waals surface area contributed by atoms with Crippen LogP contribution in [0.15, 0.2) is 18.2 Å². The standard InChI is InChI=1S/C18H24F2N2O2/c19-13-3-4-14(15(20)11-13)18(5-1-2-6-18)16(23)22-9-7-17(24,12-21)8-10-22/h3-4,11,24H,1-2,5-10,12,21H2. The molecule has 1 aromatic carbocycles. The van der Waals surface area contributed by atoms with E-state index in [9.17, 15) is 18.7 Å². The maximum Gasteiger partial charge on any atom is 0.233 e. The highest BCUT2D eigenvalue weighted by molar-refractivity contribution is 5.89. The van der Waals surface area contributed by atoms with E-state index in [0.29, 0.717) is 44.3 Å². The van der Waals surface area contributed by atoms with E-state index in [-0.39, 0.29) is 12.5 Å². The van der Waals surface area contributed by atoms with Gasteiger partial charge in [0.1, 0.15) is 11.6 Å². The molecule has 2 fully saturated rings. The molecule has 3 rings (SSSR count). The van der Waals surface area contributed by atoms with Gasteiger partial charge in [-0.1, -0.05) is 18.9 Å². The van der Waals surface area contributed by atoms with Gasteiger partial charge in [0.05, 0.1) is 11.0 Å². The molecule has 0 unspecified atom stereocenters. The molecule has 4 nitrogen and oxygen atoms in total. The zero-order valence-electron chi connectivity index (χ0n) is 13.7. The van der Waals surface area contributed by atoms with Gasteiger partial charge in [-0.3, -0.25) is 4.79 Å².